The van der Waals surface area contributed by atoms with Crippen LogP contribution in [-0.4, -0.2) is 95.7 Å². The zero-order chi connectivity index (χ0) is 28.9. The minimum absolute atomic E-state index is 0.0206. The Bertz CT molecular complexity index is 1670. The van der Waals surface area contributed by atoms with E-state index in [2.05, 4.69) is 14.9 Å². The van der Waals surface area contributed by atoms with Crippen LogP contribution in [0.1, 0.15) is 68.1 Å². The maximum atomic E-state index is 16.5. The summed E-state index contributed by atoms with van der Waals surface area (Å²) in [5.41, 5.74) is -0.883. The summed E-state index contributed by atoms with van der Waals surface area (Å²) < 4.78 is 74.5. The van der Waals surface area contributed by atoms with Crippen molar-refractivity contribution in [1.82, 2.24) is 29.2 Å². The van der Waals surface area contributed by atoms with E-state index in [0.29, 0.717) is 41.6 Å². The number of amides is 1. The SMILES string of the molecule is CC1(NS(=O)(=O)c2cn3c(-c4nnc(C(F)F)[se]4)c(C4CC4)nc3c(N3CCN(C(=O)C4(O)CC4)CC3)c2F)CC1. The predicted octanol–water partition coefficient (Wildman–Crippen LogP) is 1.81. The van der Waals surface area contributed by atoms with E-state index >= 15 is 4.39 Å². The molecular formula is C25H28F3N7O4SSe. The van der Waals surface area contributed by atoms with E-state index in [1.165, 1.54) is 10.6 Å². The summed E-state index contributed by atoms with van der Waals surface area (Å²) in [6.07, 6.45) is 2.12. The monoisotopic (exact) mass is 659 g/mol. The average molecular weight is 659 g/mol. The summed E-state index contributed by atoms with van der Waals surface area (Å²) >= 11 is -0.907. The summed E-state index contributed by atoms with van der Waals surface area (Å²) in [7, 11) is -4.32. The molecule has 0 atom stereocenters. The van der Waals surface area contributed by atoms with Crippen molar-refractivity contribution in [3.8, 4) is 10.3 Å². The molecule has 2 N–H and O–H groups in total. The van der Waals surface area contributed by atoms with Crippen molar-refractivity contribution in [1.29, 1.82) is 0 Å². The molecule has 0 unspecified atom stereocenters. The second-order valence-corrected chi connectivity index (χ2v) is 15.5. The number of aromatic nitrogens is 4. The van der Waals surface area contributed by atoms with E-state index in [4.69, 9.17) is 4.98 Å². The van der Waals surface area contributed by atoms with Crippen LogP contribution in [0.25, 0.3) is 15.9 Å². The predicted molar refractivity (Wildman–Crippen MR) is 141 cm³/mol. The topological polar surface area (TPSA) is 133 Å². The molecular weight excluding hydrogens is 630 g/mol. The molecule has 3 aromatic heterocycles. The van der Waals surface area contributed by atoms with E-state index in [1.807, 2.05) is 0 Å². The number of piperazine rings is 1. The number of fused-ring (bicyclic) bond motifs is 1. The Morgan fingerprint density at radius 2 is 1.83 bits per heavy atom. The van der Waals surface area contributed by atoms with Gasteiger partial charge < -0.3 is 0 Å². The first-order valence-electron chi connectivity index (χ1n) is 13.6. The number of sulfonamides is 1. The number of carbonyl (C=O) groups is 1. The van der Waals surface area contributed by atoms with Crippen molar-refractivity contribution < 1.29 is 31.5 Å². The summed E-state index contributed by atoms with van der Waals surface area (Å²) in [5, 5.41) is 18.0. The molecule has 1 aliphatic heterocycles. The van der Waals surface area contributed by atoms with E-state index in [9.17, 15) is 27.1 Å². The molecule has 11 nitrogen and oxygen atoms in total. The van der Waals surface area contributed by atoms with Crippen molar-refractivity contribution in [2.75, 3.05) is 31.1 Å². The molecule has 16 heteroatoms. The Morgan fingerprint density at radius 3 is 2.39 bits per heavy atom. The van der Waals surface area contributed by atoms with Gasteiger partial charge in [0, 0.05) is 0 Å². The molecule has 41 heavy (non-hydrogen) atoms. The fraction of sp³-hybridized carbons (Fsp3) is 0.600. The minimum atomic E-state index is -4.32. The van der Waals surface area contributed by atoms with Crippen molar-refractivity contribution in [3.05, 3.63) is 22.3 Å². The second-order valence-electron chi connectivity index (χ2n) is 11.7. The van der Waals surface area contributed by atoms with E-state index in [0.717, 1.165) is 12.8 Å². The Balaban J connectivity index is 1.37. The standard InChI is InChI=1S/C25H28F3N7O4SSe/c1-24(4-5-24)32-40(38,39)14-12-35-18(21-30-31-22(41-21)19(27)28)16(13-2-3-13)29-20(35)17(15(14)26)33-8-10-34(11-9-33)23(36)25(37)6-7-25/h12-13,19,32,37H,2-11H2,1H3. The van der Waals surface area contributed by atoms with Crippen molar-refractivity contribution in [2.45, 2.75) is 73.8 Å². The Hall–Kier alpha value is -2.52. The number of hydrogen-bond acceptors (Lipinski definition) is 8. The number of rotatable bonds is 8. The summed E-state index contributed by atoms with van der Waals surface area (Å²) in [4.78, 5) is 20.1. The Labute approximate surface area is 239 Å². The number of alkyl halides is 2. The van der Waals surface area contributed by atoms with Gasteiger partial charge in [0.15, 0.2) is 0 Å². The number of halogens is 3. The van der Waals surface area contributed by atoms with Crippen molar-refractivity contribution >= 4 is 41.8 Å². The van der Waals surface area contributed by atoms with Crippen LogP contribution in [-0.2, 0) is 14.8 Å². The van der Waals surface area contributed by atoms with Crippen LogP contribution in [0.3, 0.4) is 0 Å². The molecule has 4 fully saturated rings. The van der Waals surface area contributed by atoms with Gasteiger partial charge >= 0.3 is 240 Å². The fourth-order valence-electron chi connectivity index (χ4n) is 5.30. The third-order valence-electron chi connectivity index (χ3n) is 8.29. The molecule has 4 aliphatic rings. The molecule has 0 spiro atoms. The first-order valence-corrected chi connectivity index (χ1v) is 16.8. The van der Waals surface area contributed by atoms with Gasteiger partial charge in [-0.05, 0) is 0 Å². The van der Waals surface area contributed by atoms with Gasteiger partial charge in [0.25, 0.3) is 0 Å². The number of aliphatic hydroxyl groups is 1. The van der Waals surface area contributed by atoms with Crippen LogP contribution in [0.15, 0.2) is 11.1 Å². The van der Waals surface area contributed by atoms with E-state index < -0.39 is 52.8 Å². The van der Waals surface area contributed by atoms with Crippen LogP contribution in [0.2, 0.25) is 0 Å². The number of hydrogen-bond donors (Lipinski definition) is 2. The van der Waals surface area contributed by atoms with Gasteiger partial charge in [-0.1, -0.05) is 0 Å². The molecule has 3 aromatic rings. The molecule has 1 amide bonds. The van der Waals surface area contributed by atoms with Crippen molar-refractivity contribution in [2.24, 2.45) is 0 Å². The number of anilines is 1. The third-order valence-corrected chi connectivity index (χ3v) is 11.9. The molecule has 0 radical (unpaired) electrons. The van der Waals surface area contributed by atoms with Gasteiger partial charge in [0.2, 0.25) is 0 Å². The number of imidazole rings is 1. The quantitative estimate of drug-likeness (QED) is 0.351. The Kier molecular flexibility index (Phi) is 6.16. The number of nitrogens with zero attached hydrogens (tertiary/aromatic N) is 6. The normalized spacial score (nSPS) is 21.6. The van der Waals surface area contributed by atoms with Gasteiger partial charge in [-0.3, -0.25) is 0 Å². The maximum absolute atomic E-state index is 16.5. The van der Waals surface area contributed by atoms with Gasteiger partial charge in [0.05, 0.1) is 0 Å². The first kappa shape index (κ1) is 27.3. The molecule has 1 saturated heterocycles. The van der Waals surface area contributed by atoms with Crippen molar-refractivity contribution in [3.63, 3.8) is 0 Å². The zero-order valence-electron chi connectivity index (χ0n) is 22.1. The summed E-state index contributed by atoms with van der Waals surface area (Å²) in [5.74, 6) is -1.29. The summed E-state index contributed by atoms with van der Waals surface area (Å²) in [6.45, 7) is 2.55. The molecule has 3 saturated carbocycles. The molecule has 220 valence electrons. The van der Waals surface area contributed by atoms with E-state index in [-0.39, 0.29) is 53.9 Å². The van der Waals surface area contributed by atoms with E-state index in [1.54, 1.807) is 16.7 Å². The average Bonchev–Trinajstić information content (AvgIpc) is 3.89. The number of carbonyl (C=O) groups excluding carboxylic acids is 1. The molecule has 7 rings (SSSR count). The fourth-order valence-corrected chi connectivity index (χ4v) is 8.41. The van der Waals surface area contributed by atoms with Crippen LogP contribution in [0.5, 0.6) is 0 Å². The number of nitrogens with one attached hydrogen (secondary N) is 1. The second kappa shape index (κ2) is 9.24. The van der Waals surface area contributed by atoms with Crippen LogP contribution >= 0.6 is 0 Å². The third kappa shape index (κ3) is 4.77. The zero-order valence-corrected chi connectivity index (χ0v) is 24.6. The van der Waals surface area contributed by atoms with Gasteiger partial charge in [-0.2, -0.15) is 0 Å². The van der Waals surface area contributed by atoms with Crippen LogP contribution < -0.4 is 9.62 Å². The van der Waals surface area contributed by atoms with Crippen LogP contribution in [0, 0.1) is 5.82 Å². The van der Waals surface area contributed by atoms with Gasteiger partial charge in [-0.25, -0.2) is 0 Å². The first-order chi connectivity index (χ1) is 19.4. The molecule has 0 aromatic carbocycles. The van der Waals surface area contributed by atoms with Gasteiger partial charge in [0.1, 0.15) is 0 Å². The Morgan fingerprint density at radius 1 is 1.15 bits per heavy atom. The molecule has 3 aliphatic carbocycles. The molecule has 0 bridgehead atoms. The molecule has 4 heterocycles. The van der Waals surface area contributed by atoms with Crippen LogP contribution in [0.4, 0.5) is 18.9 Å². The van der Waals surface area contributed by atoms with Gasteiger partial charge in [-0.15, -0.1) is 0 Å². The summed E-state index contributed by atoms with van der Waals surface area (Å²) in [6, 6.07) is 0. The number of pyridine rings is 1.